The highest BCUT2D eigenvalue weighted by Crippen LogP contribution is 2.15. The maximum absolute atomic E-state index is 5.09. The molecular formula is C16H28N2O. The Labute approximate surface area is 118 Å². The zero-order chi connectivity index (χ0) is 13.9. The average molecular weight is 264 g/mol. The molecule has 1 aromatic rings. The van der Waals surface area contributed by atoms with E-state index in [1.807, 2.05) is 13.8 Å². The maximum Gasteiger partial charge on any atom is 0.0474 e. The first-order chi connectivity index (χ1) is 9.40. The summed E-state index contributed by atoms with van der Waals surface area (Å²) < 4.78 is 5.09. The van der Waals surface area contributed by atoms with Crippen molar-refractivity contribution in [1.82, 2.24) is 4.90 Å². The molecule has 0 N–H and O–H groups in total. The summed E-state index contributed by atoms with van der Waals surface area (Å²) in [6.07, 6.45) is 1.14. The van der Waals surface area contributed by atoms with Crippen LogP contribution in [-0.2, 0) is 4.74 Å². The van der Waals surface area contributed by atoms with Gasteiger partial charge in [0.15, 0.2) is 0 Å². The molecule has 1 aromatic carbocycles. The second-order valence-corrected chi connectivity index (χ2v) is 4.51. The zero-order valence-electron chi connectivity index (χ0n) is 12.6. The molecule has 1 heterocycles. The average Bonchev–Trinajstić information content (AvgIpc) is 2.51. The zero-order valence-corrected chi connectivity index (χ0v) is 12.6. The Kier molecular flexibility index (Phi) is 8.26. The topological polar surface area (TPSA) is 15.7 Å². The summed E-state index contributed by atoms with van der Waals surface area (Å²) in [5.74, 6) is 0. The van der Waals surface area contributed by atoms with E-state index < -0.39 is 0 Å². The molecule has 0 spiro atoms. The van der Waals surface area contributed by atoms with E-state index in [-0.39, 0.29) is 0 Å². The van der Waals surface area contributed by atoms with Crippen molar-refractivity contribution >= 4 is 5.69 Å². The molecule has 0 aliphatic carbocycles. The molecule has 0 atom stereocenters. The highest BCUT2D eigenvalue weighted by molar-refractivity contribution is 5.46. The van der Waals surface area contributed by atoms with Crippen LogP contribution in [0.3, 0.4) is 0 Å². The molecule has 0 unspecified atom stereocenters. The Balaban J connectivity index is 0.000000861. The van der Waals surface area contributed by atoms with E-state index in [0.717, 1.165) is 32.7 Å². The van der Waals surface area contributed by atoms with E-state index in [4.69, 9.17) is 4.74 Å². The van der Waals surface area contributed by atoms with Gasteiger partial charge in [-0.25, -0.2) is 0 Å². The van der Waals surface area contributed by atoms with Gasteiger partial charge in [0.05, 0.1) is 0 Å². The summed E-state index contributed by atoms with van der Waals surface area (Å²) in [6.45, 7) is 10.6. The fourth-order valence-electron chi connectivity index (χ4n) is 2.30. The third kappa shape index (κ3) is 5.62. The van der Waals surface area contributed by atoms with E-state index in [9.17, 15) is 0 Å². The second-order valence-electron chi connectivity index (χ2n) is 4.51. The van der Waals surface area contributed by atoms with Crippen molar-refractivity contribution < 1.29 is 4.74 Å². The first kappa shape index (κ1) is 16.0. The number of ether oxygens (including phenoxy) is 1. The van der Waals surface area contributed by atoms with E-state index >= 15 is 0 Å². The van der Waals surface area contributed by atoms with Crippen molar-refractivity contribution in [2.45, 2.75) is 20.3 Å². The van der Waals surface area contributed by atoms with Gasteiger partial charge in [0.2, 0.25) is 0 Å². The summed E-state index contributed by atoms with van der Waals surface area (Å²) in [7, 11) is 1.77. The van der Waals surface area contributed by atoms with Crippen LogP contribution in [-0.4, -0.2) is 51.3 Å². The lowest BCUT2D eigenvalue weighted by Crippen LogP contribution is -2.46. The van der Waals surface area contributed by atoms with Gasteiger partial charge in [-0.15, -0.1) is 0 Å². The van der Waals surface area contributed by atoms with Crippen molar-refractivity contribution in [1.29, 1.82) is 0 Å². The monoisotopic (exact) mass is 264 g/mol. The molecule has 1 saturated heterocycles. The van der Waals surface area contributed by atoms with Crippen LogP contribution in [0.25, 0.3) is 0 Å². The normalized spacial score (nSPS) is 15.8. The van der Waals surface area contributed by atoms with Gasteiger partial charge in [0.1, 0.15) is 0 Å². The number of methoxy groups -OCH3 is 1. The van der Waals surface area contributed by atoms with Crippen LogP contribution in [0.2, 0.25) is 0 Å². The smallest absolute Gasteiger partial charge is 0.0474 e. The van der Waals surface area contributed by atoms with E-state index in [0.29, 0.717) is 0 Å². The predicted molar refractivity (Wildman–Crippen MR) is 82.9 cm³/mol. The molecular weight excluding hydrogens is 236 g/mol. The molecule has 1 aliphatic rings. The van der Waals surface area contributed by atoms with Gasteiger partial charge >= 0.3 is 0 Å². The number of hydrogen-bond acceptors (Lipinski definition) is 3. The van der Waals surface area contributed by atoms with Crippen molar-refractivity contribution in [2.24, 2.45) is 0 Å². The van der Waals surface area contributed by atoms with Crippen LogP contribution in [0.15, 0.2) is 30.3 Å². The van der Waals surface area contributed by atoms with Crippen LogP contribution < -0.4 is 4.90 Å². The molecule has 0 aromatic heterocycles. The minimum atomic E-state index is 0.874. The predicted octanol–water partition coefficient (Wildman–Crippen LogP) is 2.87. The van der Waals surface area contributed by atoms with Gasteiger partial charge in [-0.3, -0.25) is 4.90 Å². The summed E-state index contributed by atoms with van der Waals surface area (Å²) in [6, 6.07) is 10.7. The lowest BCUT2D eigenvalue weighted by Gasteiger charge is -2.36. The van der Waals surface area contributed by atoms with Crippen LogP contribution in [0.1, 0.15) is 20.3 Å². The Morgan fingerprint density at radius 1 is 1.00 bits per heavy atom. The first-order valence-electron chi connectivity index (χ1n) is 7.41. The van der Waals surface area contributed by atoms with Crippen LogP contribution in [0.5, 0.6) is 0 Å². The van der Waals surface area contributed by atoms with E-state index in [1.165, 1.54) is 18.8 Å². The second kappa shape index (κ2) is 9.82. The van der Waals surface area contributed by atoms with Gasteiger partial charge in [0, 0.05) is 52.1 Å². The molecule has 0 bridgehead atoms. The van der Waals surface area contributed by atoms with Gasteiger partial charge in [-0.2, -0.15) is 0 Å². The number of anilines is 1. The lowest BCUT2D eigenvalue weighted by molar-refractivity contribution is 0.169. The Hall–Kier alpha value is -1.06. The van der Waals surface area contributed by atoms with Gasteiger partial charge in [-0.1, -0.05) is 32.0 Å². The molecule has 1 fully saturated rings. The van der Waals surface area contributed by atoms with Gasteiger partial charge < -0.3 is 9.64 Å². The van der Waals surface area contributed by atoms with Crippen LogP contribution in [0, 0.1) is 0 Å². The summed E-state index contributed by atoms with van der Waals surface area (Å²) in [5, 5.41) is 0. The lowest BCUT2D eigenvalue weighted by atomic mass is 10.2. The number of piperazine rings is 1. The molecule has 1 aliphatic heterocycles. The quantitative estimate of drug-likeness (QED) is 0.761. The fourth-order valence-corrected chi connectivity index (χ4v) is 2.30. The summed E-state index contributed by atoms with van der Waals surface area (Å²) >= 11 is 0. The highest BCUT2D eigenvalue weighted by Gasteiger charge is 2.16. The maximum atomic E-state index is 5.09. The third-order valence-electron chi connectivity index (χ3n) is 3.32. The molecule has 0 radical (unpaired) electrons. The number of rotatable bonds is 5. The van der Waals surface area contributed by atoms with Gasteiger partial charge in [-0.05, 0) is 18.6 Å². The molecule has 3 heteroatoms. The molecule has 19 heavy (non-hydrogen) atoms. The van der Waals surface area contributed by atoms with Gasteiger partial charge in [0.25, 0.3) is 0 Å². The van der Waals surface area contributed by atoms with Crippen molar-refractivity contribution in [3.8, 4) is 0 Å². The Bertz CT molecular complexity index is 308. The fraction of sp³-hybridized carbons (Fsp3) is 0.625. The van der Waals surface area contributed by atoms with E-state index in [1.54, 1.807) is 7.11 Å². The molecule has 0 saturated carbocycles. The first-order valence-corrected chi connectivity index (χ1v) is 7.41. The Morgan fingerprint density at radius 2 is 1.63 bits per heavy atom. The molecule has 0 amide bonds. The van der Waals surface area contributed by atoms with Crippen LogP contribution in [0.4, 0.5) is 5.69 Å². The number of hydrogen-bond donors (Lipinski definition) is 0. The van der Waals surface area contributed by atoms with Crippen molar-refractivity contribution in [3.05, 3.63) is 30.3 Å². The molecule has 3 nitrogen and oxygen atoms in total. The summed E-state index contributed by atoms with van der Waals surface area (Å²) in [4.78, 5) is 4.99. The largest absolute Gasteiger partial charge is 0.385 e. The van der Waals surface area contributed by atoms with Crippen molar-refractivity contribution in [3.63, 3.8) is 0 Å². The number of nitrogens with zero attached hydrogens (tertiary/aromatic N) is 2. The Morgan fingerprint density at radius 3 is 2.21 bits per heavy atom. The standard InChI is InChI=1S/C14H22N2O.C2H6/c1-17-13-5-8-15-9-11-16(12-10-15)14-6-3-2-4-7-14;1-2/h2-4,6-7H,5,8-13H2,1H3;1-2H3. The minimum absolute atomic E-state index is 0.874. The SMILES string of the molecule is CC.COCCCN1CCN(c2ccccc2)CC1. The highest BCUT2D eigenvalue weighted by atomic mass is 16.5. The number of para-hydroxylation sites is 1. The molecule has 108 valence electrons. The van der Waals surface area contributed by atoms with Crippen molar-refractivity contribution in [2.75, 3.05) is 51.3 Å². The summed E-state index contributed by atoms with van der Waals surface area (Å²) in [5.41, 5.74) is 1.35. The number of benzene rings is 1. The third-order valence-corrected chi connectivity index (χ3v) is 3.32. The van der Waals surface area contributed by atoms with E-state index in [2.05, 4.69) is 40.1 Å². The van der Waals surface area contributed by atoms with Crippen LogP contribution >= 0.6 is 0 Å². The molecule has 2 rings (SSSR count). The minimum Gasteiger partial charge on any atom is -0.385 e.